The molecule has 0 heterocycles. The molecule has 1 amide bonds. The number of hydrogen-bond donors (Lipinski definition) is 2. The molecule has 3 nitrogen and oxygen atoms in total. The number of nitrogens with one attached hydrogen (secondary N) is 2. The Bertz CT molecular complexity index is 130. The Hall–Kier alpha value is -0.710. The van der Waals surface area contributed by atoms with E-state index in [2.05, 4.69) is 10.6 Å². The molecular formula is C6H12F2N2O. The molecule has 0 aliphatic carbocycles. The van der Waals surface area contributed by atoms with E-state index in [9.17, 15) is 13.6 Å². The second kappa shape index (κ2) is 5.01. The first-order valence-corrected chi connectivity index (χ1v) is 3.30. The van der Waals surface area contributed by atoms with Crippen molar-refractivity contribution in [1.82, 2.24) is 10.6 Å². The zero-order valence-electron chi connectivity index (χ0n) is 6.53. The van der Waals surface area contributed by atoms with Crippen LogP contribution in [-0.2, 0) is 4.79 Å². The molecule has 0 bridgehead atoms. The molecule has 0 saturated heterocycles. The lowest BCUT2D eigenvalue weighted by Gasteiger charge is -2.10. The van der Waals surface area contributed by atoms with Gasteiger partial charge in [0.2, 0.25) is 5.91 Å². The lowest BCUT2D eigenvalue weighted by Crippen LogP contribution is -2.39. The van der Waals surface area contributed by atoms with E-state index in [-0.39, 0.29) is 12.5 Å². The number of likely N-dealkylation sites (N-methyl/N-ethyl adjacent to an activating group) is 1. The lowest BCUT2D eigenvalue weighted by atomic mass is 10.3. The van der Waals surface area contributed by atoms with Gasteiger partial charge in [-0.25, -0.2) is 8.78 Å². The van der Waals surface area contributed by atoms with Crippen molar-refractivity contribution in [1.29, 1.82) is 0 Å². The zero-order valence-corrected chi connectivity index (χ0v) is 6.53. The van der Waals surface area contributed by atoms with Crippen LogP contribution in [0.4, 0.5) is 8.78 Å². The average molecular weight is 166 g/mol. The van der Waals surface area contributed by atoms with E-state index in [1.54, 1.807) is 0 Å². The molecule has 0 aromatic rings. The fourth-order valence-electron chi connectivity index (χ4n) is 0.431. The highest BCUT2D eigenvalue weighted by Crippen LogP contribution is 1.97. The number of hydrogen-bond acceptors (Lipinski definition) is 2. The minimum absolute atomic E-state index is 0.0675. The van der Waals surface area contributed by atoms with Gasteiger partial charge in [0.05, 0.1) is 12.6 Å². The van der Waals surface area contributed by atoms with Gasteiger partial charge in [-0.2, -0.15) is 0 Å². The molecule has 1 unspecified atom stereocenters. The first-order valence-electron chi connectivity index (χ1n) is 3.30. The van der Waals surface area contributed by atoms with Crippen molar-refractivity contribution in [3.63, 3.8) is 0 Å². The Kier molecular flexibility index (Phi) is 4.69. The van der Waals surface area contributed by atoms with E-state index in [4.69, 9.17) is 0 Å². The highest BCUT2D eigenvalue weighted by atomic mass is 19.3. The summed E-state index contributed by atoms with van der Waals surface area (Å²) in [5.74, 6) is -0.294. The summed E-state index contributed by atoms with van der Waals surface area (Å²) in [7, 11) is 1.46. The number of halogens is 2. The lowest BCUT2D eigenvalue weighted by molar-refractivity contribution is -0.120. The third-order valence-electron chi connectivity index (χ3n) is 1.24. The van der Waals surface area contributed by atoms with E-state index >= 15 is 0 Å². The highest BCUT2D eigenvalue weighted by molar-refractivity contribution is 5.77. The van der Waals surface area contributed by atoms with Crippen LogP contribution in [0.3, 0.4) is 0 Å². The van der Waals surface area contributed by atoms with Gasteiger partial charge in [0.25, 0.3) is 6.43 Å². The van der Waals surface area contributed by atoms with Crippen LogP contribution in [-0.4, -0.2) is 32.0 Å². The maximum absolute atomic E-state index is 11.8. The Balaban J connectivity index is 3.45. The van der Waals surface area contributed by atoms with Crippen LogP contribution < -0.4 is 10.6 Å². The summed E-state index contributed by atoms with van der Waals surface area (Å²) in [5.41, 5.74) is 0. The summed E-state index contributed by atoms with van der Waals surface area (Å²) in [5, 5.41) is 4.68. The van der Waals surface area contributed by atoms with E-state index in [1.165, 1.54) is 14.0 Å². The van der Waals surface area contributed by atoms with Gasteiger partial charge in [0.1, 0.15) is 0 Å². The first kappa shape index (κ1) is 10.3. The van der Waals surface area contributed by atoms with Crippen LogP contribution in [0.25, 0.3) is 0 Å². The summed E-state index contributed by atoms with van der Waals surface area (Å²) in [6.45, 7) is 1.26. The molecule has 1 atom stereocenters. The van der Waals surface area contributed by atoms with Gasteiger partial charge in [-0.1, -0.05) is 0 Å². The molecule has 0 saturated carbocycles. The fraction of sp³-hybridized carbons (Fsp3) is 0.833. The predicted molar refractivity (Wildman–Crippen MR) is 37.5 cm³/mol. The summed E-state index contributed by atoms with van der Waals surface area (Å²) in [6, 6.07) is -0.938. The number of carbonyl (C=O) groups is 1. The second-order valence-corrected chi connectivity index (χ2v) is 2.18. The van der Waals surface area contributed by atoms with Gasteiger partial charge in [0, 0.05) is 7.05 Å². The van der Waals surface area contributed by atoms with Crippen molar-refractivity contribution in [2.75, 3.05) is 13.6 Å². The van der Waals surface area contributed by atoms with Gasteiger partial charge in [-0.15, -0.1) is 0 Å². The van der Waals surface area contributed by atoms with Crippen molar-refractivity contribution in [3.8, 4) is 0 Å². The molecule has 2 N–H and O–H groups in total. The smallest absolute Gasteiger partial charge is 0.253 e. The van der Waals surface area contributed by atoms with Crippen LogP contribution in [0.1, 0.15) is 6.92 Å². The van der Waals surface area contributed by atoms with Gasteiger partial charge in [-0.05, 0) is 6.92 Å². The highest BCUT2D eigenvalue weighted by Gasteiger charge is 2.13. The van der Waals surface area contributed by atoms with E-state index in [0.29, 0.717) is 0 Å². The molecule has 0 fully saturated rings. The van der Waals surface area contributed by atoms with E-state index in [0.717, 1.165) is 0 Å². The summed E-state index contributed by atoms with van der Waals surface area (Å²) >= 11 is 0. The molecular weight excluding hydrogens is 154 g/mol. The van der Waals surface area contributed by atoms with Gasteiger partial charge in [0.15, 0.2) is 0 Å². The van der Waals surface area contributed by atoms with Crippen molar-refractivity contribution in [2.24, 2.45) is 0 Å². The van der Waals surface area contributed by atoms with Crippen LogP contribution in [0.5, 0.6) is 0 Å². The Labute approximate surface area is 64.2 Å². The number of amides is 1. The maximum atomic E-state index is 11.8. The topological polar surface area (TPSA) is 41.1 Å². The van der Waals surface area contributed by atoms with Gasteiger partial charge < -0.3 is 10.6 Å². The van der Waals surface area contributed by atoms with E-state index in [1.807, 2.05) is 0 Å². The van der Waals surface area contributed by atoms with Crippen molar-refractivity contribution < 1.29 is 13.6 Å². The van der Waals surface area contributed by atoms with Crippen molar-refractivity contribution >= 4 is 5.91 Å². The van der Waals surface area contributed by atoms with Gasteiger partial charge in [-0.3, -0.25) is 4.79 Å². The number of rotatable bonds is 4. The van der Waals surface area contributed by atoms with Gasteiger partial charge >= 0.3 is 0 Å². The Morgan fingerprint density at radius 1 is 1.55 bits per heavy atom. The quantitative estimate of drug-likeness (QED) is 0.616. The van der Waals surface area contributed by atoms with Crippen LogP contribution in [0, 0.1) is 0 Å². The van der Waals surface area contributed by atoms with Crippen LogP contribution in [0.2, 0.25) is 0 Å². The summed E-state index contributed by atoms with van der Waals surface area (Å²) in [6.07, 6.45) is -2.43. The largest absolute Gasteiger partial charge is 0.358 e. The number of alkyl halides is 2. The predicted octanol–water partition coefficient (Wildman–Crippen LogP) is -0.0244. The SMILES string of the molecule is CNC(=O)CNC(C)C(F)F. The maximum Gasteiger partial charge on any atom is 0.253 e. The first-order chi connectivity index (χ1) is 5.07. The molecule has 11 heavy (non-hydrogen) atoms. The molecule has 66 valence electrons. The Morgan fingerprint density at radius 3 is 2.45 bits per heavy atom. The Morgan fingerprint density at radius 2 is 2.09 bits per heavy atom. The molecule has 0 rings (SSSR count). The zero-order chi connectivity index (χ0) is 8.85. The molecule has 5 heteroatoms. The number of carbonyl (C=O) groups excluding carboxylic acids is 1. The molecule has 0 radical (unpaired) electrons. The molecule has 0 aromatic carbocycles. The summed E-state index contributed by atoms with van der Waals surface area (Å²) in [4.78, 5) is 10.5. The van der Waals surface area contributed by atoms with E-state index < -0.39 is 12.5 Å². The second-order valence-electron chi connectivity index (χ2n) is 2.18. The van der Waals surface area contributed by atoms with Crippen molar-refractivity contribution in [3.05, 3.63) is 0 Å². The van der Waals surface area contributed by atoms with Crippen molar-refractivity contribution in [2.45, 2.75) is 19.4 Å². The molecule has 0 aliphatic heterocycles. The molecule has 0 aromatic heterocycles. The molecule has 0 aliphatic rings. The minimum Gasteiger partial charge on any atom is -0.358 e. The molecule has 0 spiro atoms. The van der Waals surface area contributed by atoms with Crippen LogP contribution in [0.15, 0.2) is 0 Å². The van der Waals surface area contributed by atoms with Crippen LogP contribution >= 0.6 is 0 Å². The standard InChI is InChI=1S/C6H12F2N2O/c1-4(6(7)8)10-3-5(11)9-2/h4,6,10H,3H2,1-2H3,(H,9,11). The summed E-state index contributed by atoms with van der Waals surface area (Å²) < 4.78 is 23.6. The minimum atomic E-state index is -2.43. The third-order valence-corrected chi connectivity index (χ3v) is 1.24. The fourth-order valence-corrected chi connectivity index (χ4v) is 0.431. The third kappa shape index (κ3) is 4.66. The average Bonchev–Trinajstić information content (AvgIpc) is 1.99. The normalized spacial score (nSPS) is 13.2. The monoisotopic (exact) mass is 166 g/mol.